The number of hydrogen-bond donors (Lipinski definition) is 1. The zero-order valence-electron chi connectivity index (χ0n) is 16.5. The summed E-state index contributed by atoms with van der Waals surface area (Å²) in [6.07, 6.45) is 1.60. The van der Waals surface area contributed by atoms with Crippen LogP contribution in [0, 0.1) is 5.82 Å². The fraction of sp³-hybridized carbons (Fsp3) is 0.182. The van der Waals surface area contributed by atoms with Gasteiger partial charge in [-0.15, -0.1) is 0 Å². The van der Waals surface area contributed by atoms with Crippen molar-refractivity contribution in [3.05, 3.63) is 77.7 Å². The molecule has 0 aliphatic carbocycles. The van der Waals surface area contributed by atoms with Crippen molar-refractivity contribution in [2.45, 2.75) is 6.54 Å². The van der Waals surface area contributed by atoms with Crippen LogP contribution in [0.4, 0.5) is 15.9 Å². The van der Waals surface area contributed by atoms with Crippen LogP contribution >= 0.6 is 0 Å². The van der Waals surface area contributed by atoms with E-state index in [2.05, 4.69) is 10.3 Å². The van der Waals surface area contributed by atoms with Crippen LogP contribution in [0.2, 0.25) is 0 Å². The van der Waals surface area contributed by atoms with Crippen molar-refractivity contribution in [1.82, 2.24) is 9.88 Å². The minimum Gasteiger partial charge on any atom is -0.495 e. The molecule has 1 heterocycles. The Morgan fingerprint density at radius 1 is 1.07 bits per heavy atom. The molecule has 0 spiro atoms. The Hall–Kier alpha value is -3.61. The summed E-state index contributed by atoms with van der Waals surface area (Å²) < 4.78 is 24.2. The first-order valence-corrected chi connectivity index (χ1v) is 8.96. The van der Waals surface area contributed by atoms with Crippen LogP contribution in [-0.4, -0.2) is 37.1 Å². The Morgan fingerprint density at radius 2 is 1.83 bits per heavy atom. The maximum atomic E-state index is 13.9. The highest BCUT2D eigenvalue weighted by molar-refractivity contribution is 5.99. The van der Waals surface area contributed by atoms with E-state index in [0.29, 0.717) is 28.4 Å². The van der Waals surface area contributed by atoms with Gasteiger partial charge in [0, 0.05) is 19.8 Å². The Bertz CT molecular complexity index is 1010. The van der Waals surface area contributed by atoms with Gasteiger partial charge in [0.15, 0.2) is 11.6 Å². The second-order valence-corrected chi connectivity index (χ2v) is 6.35. The Morgan fingerprint density at radius 3 is 2.55 bits per heavy atom. The molecule has 0 fully saturated rings. The van der Waals surface area contributed by atoms with E-state index in [9.17, 15) is 9.18 Å². The Balaban J connectivity index is 1.81. The number of hydrogen-bond acceptors (Lipinski definition) is 5. The van der Waals surface area contributed by atoms with Gasteiger partial charge in [0.2, 0.25) is 0 Å². The molecule has 1 amide bonds. The number of pyridine rings is 1. The zero-order chi connectivity index (χ0) is 20.8. The summed E-state index contributed by atoms with van der Waals surface area (Å²) >= 11 is 0. The molecule has 0 saturated carbocycles. The third kappa shape index (κ3) is 4.63. The highest BCUT2D eigenvalue weighted by Gasteiger charge is 2.18. The summed E-state index contributed by atoms with van der Waals surface area (Å²) in [4.78, 5) is 18.8. The second kappa shape index (κ2) is 9.05. The minimum absolute atomic E-state index is 0.165. The molecule has 0 atom stereocenters. The Labute approximate surface area is 168 Å². The monoisotopic (exact) mass is 395 g/mol. The van der Waals surface area contributed by atoms with Crippen LogP contribution in [0.25, 0.3) is 0 Å². The number of benzene rings is 2. The van der Waals surface area contributed by atoms with Crippen molar-refractivity contribution in [2.75, 3.05) is 26.6 Å². The van der Waals surface area contributed by atoms with E-state index in [-0.39, 0.29) is 18.2 Å². The number of amides is 1. The average molecular weight is 395 g/mol. The lowest BCUT2D eigenvalue weighted by atomic mass is 10.1. The van der Waals surface area contributed by atoms with Crippen LogP contribution < -0.4 is 14.8 Å². The number of anilines is 2. The lowest BCUT2D eigenvalue weighted by Crippen LogP contribution is -2.27. The van der Waals surface area contributed by atoms with Crippen LogP contribution in [0.5, 0.6) is 11.5 Å². The van der Waals surface area contributed by atoms with Crippen LogP contribution in [0.15, 0.2) is 60.8 Å². The third-order valence-corrected chi connectivity index (χ3v) is 4.38. The van der Waals surface area contributed by atoms with E-state index >= 15 is 0 Å². The number of carbonyl (C=O) groups excluding carboxylic acids is 1. The topological polar surface area (TPSA) is 63.7 Å². The van der Waals surface area contributed by atoms with E-state index in [1.165, 1.54) is 18.1 Å². The van der Waals surface area contributed by atoms with Gasteiger partial charge in [-0.1, -0.05) is 18.2 Å². The van der Waals surface area contributed by atoms with Crippen molar-refractivity contribution >= 4 is 17.4 Å². The summed E-state index contributed by atoms with van der Waals surface area (Å²) in [5.74, 6) is 0.504. The fourth-order valence-electron chi connectivity index (χ4n) is 2.91. The molecule has 3 rings (SSSR count). The van der Waals surface area contributed by atoms with E-state index in [1.54, 1.807) is 44.6 Å². The van der Waals surface area contributed by atoms with Gasteiger partial charge >= 0.3 is 0 Å². The summed E-state index contributed by atoms with van der Waals surface area (Å²) in [5.41, 5.74) is 1.75. The average Bonchev–Trinajstić information content (AvgIpc) is 2.74. The fourth-order valence-corrected chi connectivity index (χ4v) is 2.91. The number of aromatic nitrogens is 1. The van der Waals surface area contributed by atoms with Crippen molar-refractivity contribution < 1.29 is 18.7 Å². The number of rotatable bonds is 7. The van der Waals surface area contributed by atoms with Crippen molar-refractivity contribution in [3.8, 4) is 11.5 Å². The smallest absolute Gasteiger partial charge is 0.257 e. The second-order valence-electron chi connectivity index (χ2n) is 6.35. The van der Waals surface area contributed by atoms with E-state index in [4.69, 9.17) is 9.47 Å². The van der Waals surface area contributed by atoms with Crippen molar-refractivity contribution in [1.29, 1.82) is 0 Å². The summed E-state index contributed by atoms with van der Waals surface area (Å²) in [7, 11) is 4.64. The first-order chi connectivity index (χ1) is 14.0. The summed E-state index contributed by atoms with van der Waals surface area (Å²) in [5, 5.41) is 3.16. The molecule has 2 aromatic carbocycles. The molecule has 7 heteroatoms. The predicted octanol–water partition coefficient (Wildman–Crippen LogP) is 4.25. The molecule has 1 aromatic heterocycles. The standard InChI is InChI=1S/C22H22FN3O3/c1-26(14-15-10-11-19(28-2)17(23)13-15)22(27)16-7-6-12-24-21(16)25-18-8-4-5-9-20(18)29-3/h4-13H,14H2,1-3H3,(H,24,25). The van der Waals surface area contributed by atoms with Crippen molar-refractivity contribution in [2.24, 2.45) is 0 Å². The maximum Gasteiger partial charge on any atom is 0.257 e. The summed E-state index contributed by atoms with van der Waals surface area (Å²) in [6.45, 7) is 0.239. The largest absolute Gasteiger partial charge is 0.495 e. The Kier molecular flexibility index (Phi) is 6.29. The number of halogens is 1. The minimum atomic E-state index is -0.467. The van der Waals surface area contributed by atoms with Gasteiger partial charge in [-0.3, -0.25) is 4.79 Å². The molecule has 0 saturated heterocycles. The van der Waals surface area contributed by atoms with Crippen LogP contribution in [0.1, 0.15) is 15.9 Å². The van der Waals surface area contributed by atoms with Crippen LogP contribution in [-0.2, 0) is 6.54 Å². The molecule has 3 aromatic rings. The number of methoxy groups -OCH3 is 2. The molecular weight excluding hydrogens is 373 g/mol. The molecule has 1 N–H and O–H groups in total. The SMILES string of the molecule is COc1ccc(CN(C)C(=O)c2cccnc2Nc2ccccc2OC)cc1F. The highest BCUT2D eigenvalue weighted by atomic mass is 19.1. The number of carbonyl (C=O) groups is 1. The van der Waals surface area contributed by atoms with Gasteiger partial charge in [0.25, 0.3) is 5.91 Å². The van der Waals surface area contributed by atoms with Gasteiger partial charge in [0.05, 0.1) is 25.5 Å². The normalized spacial score (nSPS) is 10.3. The number of nitrogens with one attached hydrogen (secondary N) is 1. The maximum absolute atomic E-state index is 13.9. The van der Waals surface area contributed by atoms with Gasteiger partial charge in [-0.25, -0.2) is 9.37 Å². The van der Waals surface area contributed by atoms with Gasteiger partial charge in [-0.2, -0.15) is 0 Å². The lowest BCUT2D eigenvalue weighted by molar-refractivity contribution is 0.0785. The molecular formula is C22H22FN3O3. The zero-order valence-corrected chi connectivity index (χ0v) is 16.5. The first-order valence-electron chi connectivity index (χ1n) is 8.96. The molecule has 0 aliphatic rings. The lowest BCUT2D eigenvalue weighted by Gasteiger charge is -2.20. The molecule has 29 heavy (non-hydrogen) atoms. The number of ether oxygens (including phenoxy) is 2. The van der Waals surface area contributed by atoms with Crippen LogP contribution in [0.3, 0.4) is 0 Å². The highest BCUT2D eigenvalue weighted by Crippen LogP contribution is 2.28. The van der Waals surface area contributed by atoms with E-state index < -0.39 is 5.82 Å². The molecule has 6 nitrogen and oxygen atoms in total. The molecule has 0 aliphatic heterocycles. The van der Waals surface area contributed by atoms with E-state index in [1.807, 2.05) is 24.3 Å². The predicted molar refractivity (Wildman–Crippen MR) is 109 cm³/mol. The summed E-state index contributed by atoms with van der Waals surface area (Å²) in [6, 6.07) is 15.4. The number of para-hydroxylation sites is 2. The molecule has 0 radical (unpaired) electrons. The quantitative estimate of drug-likeness (QED) is 0.648. The van der Waals surface area contributed by atoms with Gasteiger partial charge in [-0.05, 0) is 42.0 Å². The first kappa shape index (κ1) is 20.1. The third-order valence-electron chi connectivity index (χ3n) is 4.38. The van der Waals surface area contributed by atoms with Gasteiger partial charge in [0.1, 0.15) is 11.6 Å². The molecule has 0 bridgehead atoms. The molecule has 150 valence electrons. The molecule has 0 unspecified atom stereocenters. The van der Waals surface area contributed by atoms with Gasteiger partial charge < -0.3 is 19.7 Å². The van der Waals surface area contributed by atoms with Crippen molar-refractivity contribution in [3.63, 3.8) is 0 Å². The number of nitrogens with zero attached hydrogens (tertiary/aromatic N) is 2. The van der Waals surface area contributed by atoms with E-state index in [0.717, 1.165) is 0 Å².